The molecule has 3 aromatic rings. The molecule has 1 N–H and O–H groups in total. The Morgan fingerprint density at radius 3 is 2.89 bits per heavy atom. The minimum absolute atomic E-state index is 0.0488. The minimum atomic E-state index is -0.153. The summed E-state index contributed by atoms with van der Waals surface area (Å²) in [4.78, 5) is 33.3. The van der Waals surface area contributed by atoms with Crippen LogP contribution < -0.4 is 10.1 Å². The quantitative estimate of drug-likeness (QED) is 0.685. The lowest BCUT2D eigenvalue weighted by Gasteiger charge is -2.26. The summed E-state index contributed by atoms with van der Waals surface area (Å²) in [5, 5.41) is 5.30. The van der Waals surface area contributed by atoms with E-state index < -0.39 is 0 Å². The number of para-hydroxylation sites is 1. The van der Waals surface area contributed by atoms with Crippen molar-refractivity contribution < 1.29 is 14.3 Å². The van der Waals surface area contributed by atoms with Crippen molar-refractivity contribution in [1.29, 1.82) is 0 Å². The molecule has 0 fully saturated rings. The highest BCUT2D eigenvalue weighted by Gasteiger charge is 2.27. The average Bonchev–Trinajstić information content (AvgIpc) is 3.37. The number of ether oxygens (including phenoxy) is 1. The summed E-state index contributed by atoms with van der Waals surface area (Å²) in [6.07, 6.45) is 0.670. The first-order valence-corrected chi connectivity index (χ1v) is 10.7. The van der Waals surface area contributed by atoms with Crippen LogP contribution in [0.25, 0.3) is 0 Å². The van der Waals surface area contributed by atoms with E-state index in [2.05, 4.69) is 10.3 Å². The maximum absolute atomic E-state index is 13.0. The lowest BCUT2D eigenvalue weighted by Crippen LogP contribution is -2.35. The highest BCUT2D eigenvalue weighted by atomic mass is 32.1. The number of benzene rings is 1. The third-order valence-corrected chi connectivity index (χ3v) is 6.27. The van der Waals surface area contributed by atoms with Gasteiger partial charge < -0.3 is 9.64 Å². The van der Waals surface area contributed by atoms with E-state index in [4.69, 9.17) is 4.74 Å². The molecular weight excluding hydrogens is 394 g/mol. The normalized spacial score (nSPS) is 13.1. The maximum atomic E-state index is 13.0. The summed E-state index contributed by atoms with van der Waals surface area (Å²) in [5.41, 5.74) is 1.53. The molecular formula is C20H19N3O3S2. The monoisotopic (exact) mass is 413 g/mol. The Balaban J connectivity index is 1.48. The van der Waals surface area contributed by atoms with Crippen LogP contribution in [0, 0.1) is 0 Å². The van der Waals surface area contributed by atoms with Gasteiger partial charge in [0.05, 0.1) is 29.3 Å². The Labute approximate surface area is 170 Å². The summed E-state index contributed by atoms with van der Waals surface area (Å²) < 4.78 is 5.60. The molecule has 1 aliphatic heterocycles. The molecule has 0 spiro atoms. The van der Waals surface area contributed by atoms with Crippen molar-refractivity contribution in [1.82, 2.24) is 9.88 Å². The van der Waals surface area contributed by atoms with Crippen LogP contribution in [0.2, 0.25) is 0 Å². The van der Waals surface area contributed by atoms with Gasteiger partial charge in [-0.05, 0) is 30.5 Å². The van der Waals surface area contributed by atoms with E-state index in [0.717, 1.165) is 10.6 Å². The van der Waals surface area contributed by atoms with Crippen molar-refractivity contribution in [2.75, 3.05) is 18.5 Å². The molecule has 28 heavy (non-hydrogen) atoms. The standard InChI is InChI=1S/C20H19N3O3S2/c1-2-26-15-7-4-3-6-13(15)19(25)23-10-9-14-17(12-23)28-20(21-14)22-18(24)16-8-5-11-27-16/h3-8,11H,2,9-10,12H2,1H3,(H,21,22,24). The van der Waals surface area contributed by atoms with Gasteiger partial charge in [0.1, 0.15) is 5.75 Å². The Kier molecular flexibility index (Phi) is 5.40. The van der Waals surface area contributed by atoms with Crippen molar-refractivity contribution in [3.05, 3.63) is 62.8 Å². The molecule has 0 radical (unpaired) electrons. The van der Waals surface area contributed by atoms with E-state index in [0.29, 0.717) is 47.4 Å². The lowest BCUT2D eigenvalue weighted by atomic mass is 10.1. The first-order valence-electron chi connectivity index (χ1n) is 9.00. The zero-order valence-electron chi connectivity index (χ0n) is 15.3. The Morgan fingerprint density at radius 2 is 2.11 bits per heavy atom. The Morgan fingerprint density at radius 1 is 1.25 bits per heavy atom. The van der Waals surface area contributed by atoms with Gasteiger partial charge in [0.25, 0.3) is 11.8 Å². The number of rotatable bonds is 5. The molecule has 0 aliphatic carbocycles. The van der Waals surface area contributed by atoms with Crippen LogP contribution in [0.1, 0.15) is 37.5 Å². The number of hydrogen-bond donors (Lipinski definition) is 1. The first kappa shape index (κ1) is 18.6. The summed E-state index contributed by atoms with van der Waals surface area (Å²) >= 11 is 2.82. The van der Waals surface area contributed by atoms with Crippen molar-refractivity contribution in [2.45, 2.75) is 19.9 Å². The minimum Gasteiger partial charge on any atom is -0.493 e. The summed E-state index contributed by atoms with van der Waals surface area (Å²) in [5.74, 6) is 0.404. The van der Waals surface area contributed by atoms with Gasteiger partial charge in [-0.1, -0.05) is 29.5 Å². The molecule has 0 saturated carbocycles. The topological polar surface area (TPSA) is 71.5 Å². The fourth-order valence-electron chi connectivity index (χ4n) is 3.08. The molecule has 2 aromatic heterocycles. The van der Waals surface area contributed by atoms with Crippen molar-refractivity contribution in [3.63, 3.8) is 0 Å². The molecule has 8 heteroatoms. The number of nitrogens with one attached hydrogen (secondary N) is 1. The number of thiophene rings is 1. The number of carbonyl (C=O) groups excluding carboxylic acids is 2. The summed E-state index contributed by atoms with van der Waals surface area (Å²) in [7, 11) is 0. The van der Waals surface area contributed by atoms with Crippen molar-refractivity contribution >= 4 is 39.6 Å². The predicted octanol–water partition coefficient (Wildman–Crippen LogP) is 4.05. The van der Waals surface area contributed by atoms with Gasteiger partial charge in [-0.2, -0.15) is 0 Å². The molecule has 0 bridgehead atoms. The third-order valence-electron chi connectivity index (χ3n) is 4.40. The number of thiazole rings is 1. The molecule has 0 saturated heterocycles. The van der Waals surface area contributed by atoms with E-state index in [1.54, 1.807) is 12.1 Å². The maximum Gasteiger partial charge on any atom is 0.267 e. The molecule has 144 valence electrons. The number of carbonyl (C=O) groups is 2. The highest BCUT2D eigenvalue weighted by molar-refractivity contribution is 7.16. The van der Waals surface area contributed by atoms with Crippen LogP contribution in [0.15, 0.2) is 41.8 Å². The van der Waals surface area contributed by atoms with Gasteiger partial charge in [0.2, 0.25) is 0 Å². The van der Waals surface area contributed by atoms with Crippen LogP contribution >= 0.6 is 22.7 Å². The smallest absolute Gasteiger partial charge is 0.267 e. The van der Waals surface area contributed by atoms with E-state index in [1.807, 2.05) is 41.5 Å². The number of amides is 2. The molecule has 4 rings (SSSR count). The lowest BCUT2D eigenvalue weighted by molar-refractivity contribution is 0.0732. The van der Waals surface area contributed by atoms with Crippen LogP contribution in [-0.4, -0.2) is 34.8 Å². The third kappa shape index (κ3) is 3.79. The van der Waals surface area contributed by atoms with Crippen LogP contribution in [0.4, 0.5) is 5.13 Å². The van der Waals surface area contributed by atoms with Gasteiger partial charge in [-0.3, -0.25) is 14.9 Å². The number of nitrogens with zero attached hydrogens (tertiary/aromatic N) is 2. The highest BCUT2D eigenvalue weighted by Crippen LogP contribution is 2.30. The molecule has 0 atom stereocenters. The van der Waals surface area contributed by atoms with Gasteiger partial charge in [0, 0.05) is 17.8 Å². The largest absolute Gasteiger partial charge is 0.493 e. The molecule has 3 heterocycles. The van der Waals surface area contributed by atoms with E-state index in [1.165, 1.54) is 22.7 Å². The number of aromatic nitrogens is 1. The Bertz CT molecular complexity index is 998. The molecule has 1 aromatic carbocycles. The number of fused-ring (bicyclic) bond motifs is 1. The average molecular weight is 414 g/mol. The van der Waals surface area contributed by atoms with Crippen LogP contribution in [-0.2, 0) is 13.0 Å². The van der Waals surface area contributed by atoms with Gasteiger partial charge >= 0.3 is 0 Å². The van der Waals surface area contributed by atoms with Crippen molar-refractivity contribution in [3.8, 4) is 5.75 Å². The zero-order valence-corrected chi connectivity index (χ0v) is 16.9. The fourth-order valence-corrected chi connectivity index (χ4v) is 4.72. The van der Waals surface area contributed by atoms with Gasteiger partial charge in [-0.15, -0.1) is 11.3 Å². The second-order valence-corrected chi connectivity index (χ2v) is 8.26. The number of hydrogen-bond acceptors (Lipinski definition) is 6. The first-order chi connectivity index (χ1) is 13.7. The van der Waals surface area contributed by atoms with Gasteiger partial charge in [0.15, 0.2) is 5.13 Å². The molecule has 6 nitrogen and oxygen atoms in total. The number of anilines is 1. The van der Waals surface area contributed by atoms with Crippen LogP contribution in [0.3, 0.4) is 0 Å². The van der Waals surface area contributed by atoms with E-state index >= 15 is 0 Å². The summed E-state index contributed by atoms with van der Waals surface area (Å²) in [6, 6.07) is 10.9. The van der Waals surface area contributed by atoms with E-state index in [-0.39, 0.29) is 11.8 Å². The SMILES string of the molecule is CCOc1ccccc1C(=O)N1CCc2nc(NC(=O)c3cccs3)sc2C1. The van der Waals surface area contributed by atoms with Crippen LogP contribution in [0.5, 0.6) is 5.75 Å². The van der Waals surface area contributed by atoms with Crippen molar-refractivity contribution in [2.24, 2.45) is 0 Å². The second kappa shape index (κ2) is 8.12. The zero-order chi connectivity index (χ0) is 19.5. The predicted molar refractivity (Wildman–Crippen MR) is 110 cm³/mol. The molecule has 0 unspecified atom stereocenters. The fraction of sp³-hybridized carbons (Fsp3) is 0.250. The van der Waals surface area contributed by atoms with E-state index in [9.17, 15) is 9.59 Å². The molecule has 1 aliphatic rings. The second-order valence-electron chi connectivity index (χ2n) is 6.23. The Hall–Kier alpha value is -2.71. The summed E-state index contributed by atoms with van der Waals surface area (Å²) in [6.45, 7) is 3.49. The van der Waals surface area contributed by atoms with Gasteiger partial charge in [-0.25, -0.2) is 4.98 Å². The molecule has 2 amide bonds.